The van der Waals surface area contributed by atoms with Gasteiger partial charge in [-0.1, -0.05) is 0 Å². The molecule has 0 spiro atoms. The summed E-state index contributed by atoms with van der Waals surface area (Å²) in [6, 6.07) is 1.53. The molecule has 2 heterocycles. The molecule has 0 amide bonds. The van der Waals surface area contributed by atoms with Gasteiger partial charge in [-0.25, -0.2) is 0 Å². The second kappa shape index (κ2) is 3.53. The van der Waals surface area contributed by atoms with Crippen LogP contribution in [-0.4, -0.2) is 16.9 Å². The zero-order valence-corrected chi connectivity index (χ0v) is 8.96. The first kappa shape index (κ1) is 9.96. The van der Waals surface area contributed by atoms with Crippen LogP contribution in [0.1, 0.15) is 29.3 Å². The van der Waals surface area contributed by atoms with E-state index in [0.717, 1.165) is 18.5 Å². The third-order valence-corrected chi connectivity index (χ3v) is 2.71. The maximum atomic E-state index is 11.7. The molecule has 0 aromatic carbocycles. The largest absolute Gasteiger partial charge is 0.371 e. The van der Waals surface area contributed by atoms with Crippen LogP contribution >= 0.6 is 0 Å². The summed E-state index contributed by atoms with van der Waals surface area (Å²) < 4.78 is 1.65. The summed E-state index contributed by atoms with van der Waals surface area (Å²) in [7, 11) is 0. The molecule has 15 heavy (non-hydrogen) atoms. The minimum absolute atomic E-state index is 0.00523. The van der Waals surface area contributed by atoms with Gasteiger partial charge >= 0.3 is 0 Å². The Morgan fingerprint density at radius 2 is 2.27 bits per heavy atom. The van der Waals surface area contributed by atoms with Gasteiger partial charge in [0, 0.05) is 19.2 Å². The van der Waals surface area contributed by atoms with E-state index in [1.54, 1.807) is 11.5 Å². The smallest absolute Gasteiger partial charge is 0.252 e. The molecule has 80 valence electrons. The van der Waals surface area contributed by atoms with Crippen LogP contribution < -0.4 is 10.9 Å². The van der Waals surface area contributed by atoms with E-state index in [0.29, 0.717) is 17.9 Å². The van der Waals surface area contributed by atoms with Crippen LogP contribution in [0.2, 0.25) is 0 Å². The van der Waals surface area contributed by atoms with Crippen LogP contribution in [0.5, 0.6) is 0 Å². The number of anilines is 1. The van der Waals surface area contributed by atoms with E-state index >= 15 is 0 Å². The predicted molar refractivity (Wildman–Crippen MR) is 58.6 cm³/mol. The molecule has 2 rings (SSSR count). The highest BCUT2D eigenvalue weighted by molar-refractivity contribution is 6.00. The standard InChI is InChI=1S/C11H14N2O2/c1-7-6-9(15)13-5-3-4-12-11(13)10(7)8(2)14/h6,12H,3-5H2,1-2H3. The summed E-state index contributed by atoms with van der Waals surface area (Å²) in [6.07, 6.45) is 0.924. The predicted octanol–water partition coefficient (Wildman–Crippen LogP) is 1.17. The molecular formula is C11H14N2O2. The first-order chi connectivity index (χ1) is 7.11. The Morgan fingerprint density at radius 3 is 2.93 bits per heavy atom. The number of hydrogen-bond donors (Lipinski definition) is 1. The molecule has 1 aromatic rings. The van der Waals surface area contributed by atoms with Gasteiger partial charge in [-0.15, -0.1) is 0 Å². The second-order valence-corrected chi connectivity index (χ2v) is 3.88. The lowest BCUT2D eigenvalue weighted by atomic mass is 10.1. The molecule has 0 fully saturated rings. The van der Waals surface area contributed by atoms with E-state index in [4.69, 9.17) is 0 Å². The molecule has 1 aliphatic rings. The van der Waals surface area contributed by atoms with E-state index in [-0.39, 0.29) is 11.3 Å². The summed E-state index contributed by atoms with van der Waals surface area (Å²) in [5.41, 5.74) is 1.38. The zero-order chi connectivity index (χ0) is 11.0. The van der Waals surface area contributed by atoms with Gasteiger partial charge in [-0.05, 0) is 25.8 Å². The molecule has 0 unspecified atom stereocenters. The van der Waals surface area contributed by atoms with Gasteiger partial charge < -0.3 is 5.32 Å². The summed E-state index contributed by atoms with van der Waals surface area (Å²) in [5.74, 6) is 0.699. The lowest BCUT2D eigenvalue weighted by Crippen LogP contribution is -2.31. The molecule has 1 aromatic heterocycles. The van der Waals surface area contributed by atoms with Crippen LogP contribution in [0.25, 0.3) is 0 Å². The molecule has 4 nitrogen and oxygen atoms in total. The number of ketones is 1. The third kappa shape index (κ3) is 1.56. The molecule has 1 N–H and O–H groups in total. The average molecular weight is 206 g/mol. The first-order valence-electron chi connectivity index (χ1n) is 5.10. The van der Waals surface area contributed by atoms with E-state index in [2.05, 4.69) is 5.32 Å². The number of nitrogens with one attached hydrogen (secondary N) is 1. The van der Waals surface area contributed by atoms with E-state index in [9.17, 15) is 9.59 Å². The van der Waals surface area contributed by atoms with Gasteiger partial charge in [0.05, 0.1) is 5.56 Å². The van der Waals surface area contributed by atoms with Crippen molar-refractivity contribution in [3.05, 3.63) is 27.5 Å². The number of hydrogen-bond acceptors (Lipinski definition) is 3. The Bertz CT molecular complexity index is 474. The lowest BCUT2D eigenvalue weighted by molar-refractivity contribution is 0.101. The molecule has 0 bridgehead atoms. The normalized spacial score (nSPS) is 14.3. The summed E-state index contributed by atoms with van der Waals surface area (Å²) >= 11 is 0. The Hall–Kier alpha value is -1.58. The number of rotatable bonds is 1. The van der Waals surface area contributed by atoms with Gasteiger partial charge in [0.2, 0.25) is 0 Å². The van der Waals surface area contributed by atoms with Crippen molar-refractivity contribution in [1.82, 2.24) is 4.57 Å². The van der Waals surface area contributed by atoms with Gasteiger partial charge in [-0.3, -0.25) is 14.2 Å². The fourth-order valence-electron chi connectivity index (χ4n) is 2.06. The van der Waals surface area contributed by atoms with Crippen LogP contribution in [0.15, 0.2) is 10.9 Å². The fraction of sp³-hybridized carbons (Fsp3) is 0.455. The highest BCUT2D eigenvalue weighted by Gasteiger charge is 2.18. The molecule has 4 heteroatoms. The molecule has 0 radical (unpaired) electrons. The SMILES string of the molecule is CC(=O)c1c(C)cc(=O)n2c1NCCC2. The molecule has 0 atom stereocenters. The second-order valence-electron chi connectivity index (χ2n) is 3.88. The topological polar surface area (TPSA) is 51.1 Å². The van der Waals surface area contributed by atoms with Gasteiger partial charge in [0.15, 0.2) is 5.78 Å². The summed E-state index contributed by atoms with van der Waals surface area (Å²) in [4.78, 5) is 23.2. The van der Waals surface area contributed by atoms with E-state index < -0.39 is 0 Å². The summed E-state index contributed by atoms with van der Waals surface area (Å²) in [6.45, 7) is 4.85. The van der Waals surface area contributed by atoms with Crippen molar-refractivity contribution >= 4 is 11.6 Å². The number of nitrogens with zero attached hydrogens (tertiary/aromatic N) is 1. The lowest BCUT2D eigenvalue weighted by Gasteiger charge is -2.23. The van der Waals surface area contributed by atoms with Crippen molar-refractivity contribution in [2.75, 3.05) is 11.9 Å². The molecule has 0 saturated carbocycles. The highest BCUT2D eigenvalue weighted by Crippen LogP contribution is 2.21. The summed E-state index contributed by atoms with van der Waals surface area (Å²) in [5, 5.41) is 3.14. The van der Waals surface area contributed by atoms with E-state index in [1.165, 1.54) is 13.0 Å². The van der Waals surface area contributed by atoms with Crippen molar-refractivity contribution in [2.45, 2.75) is 26.8 Å². The van der Waals surface area contributed by atoms with Crippen LogP contribution in [-0.2, 0) is 6.54 Å². The number of Topliss-reactive ketones (excluding diaryl/α,β-unsaturated/α-hetero) is 1. The van der Waals surface area contributed by atoms with Crippen LogP contribution in [0.3, 0.4) is 0 Å². The van der Waals surface area contributed by atoms with Crippen molar-refractivity contribution in [2.24, 2.45) is 0 Å². The van der Waals surface area contributed by atoms with Crippen molar-refractivity contribution in [3.8, 4) is 0 Å². The van der Waals surface area contributed by atoms with Gasteiger partial charge in [0.1, 0.15) is 5.82 Å². The minimum atomic E-state index is -0.0281. The Morgan fingerprint density at radius 1 is 1.53 bits per heavy atom. The van der Waals surface area contributed by atoms with Crippen LogP contribution in [0.4, 0.5) is 5.82 Å². The maximum absolute atomic E-state index is 11.7. The molecular weight excluding hydrogens is 192 g/mol. The monoisotopic (exact) mass is 206 g/mol. The van der Waals surface area contributed by atoms with Gasteiger partial charge in [0.25, 0.3) is 5.56 Å². The Kier molecular flexibility index (Phi) is 2.34. The van der Waals surface area contributed by atoms with Gasteiger partial charge in [-0.2, -0.15) is 0 Å². The third-order valence-electron chi connectivity index (χ3n) is 2.71. The quantitative estimate of drug-likeness (QED) is 0.702. The number of fused-ring (bicyclic) bond motifs is 1. The van der Waals surface area contributed by atoms with Crippen molar-refractivity contribution in [3.63, 3.8) is 0 Å². The zero-order valence-electron chi connectivity index (χ0n) is 8.96. The Balaban J connectivity index is 2.74. The molecule has 0 aliphatic carbocycles. The first-order valence-corrected chi connectivity index (χ1v) is 5.10. The highest BCUT2D eigenvalue weighted by atomic mass is 16.1. The average Bonchev–Trinajstić information content (AvgIpc) is 2.17. The number of carbonyl (C=O) groups is 1. The number of aromatic nitrogens is 1. The molecule has 1 aliphatic heterocycles. The molecule has 0 saturated heterocycles. The van der Waals surface area contributed by atoms with E-state index in [1.807, 2.05) is 0 Å². The Labute approximate surface area is 87.9 Å². The number of aryl methyl sites for hydroxylation is 1. The van der Waals surface area contributed by atoms with Crippen molar-refractivity contribution < 1.29 is 4.79 Å². The van der Waals surface area contributed by atoms with Crippen molar-refractivity contribution in [1.29, 1.82) is 0 Å². The number of carbonyl (C=O) groups excluding carboxylic acids is 1. The fourth-order valence-corrected chi connectivity index (χ4v) is 2.06. The minimum Gasteiger partial charge on any atom is -0.371 e. The maximum Gasteiger partial charge on any atom is 0.252 e. The number of pyridine rings is 1. The van der Waals surface area contributed by atoms with Crippen LogP contribution in [0, 0.1) is 6.92 Å².